The monoisotopic (exact) mass is 272 g/mol. The lowest BCUT2D eigenvalue weighted by molar-refractivity contribution is -0.117. The first-order chi connectivity index (χ1) is 8.91. The van der Waals surface area contributed by atoms with Crippen molar-refractivity contribution in [3.8, 4) is 0 Å². The van der Waals surface area contributed by atoms with E-state index < -0.39 is 13.0 Å². The lowest BCUT2D eigenvalue weighted by atomic mass is 10.1. The van der Waals surface area contributed by atoms with Gasteiger partial charge < -0.3 is 15.8 Å². The van der Waals surface area contributed by atoms with Crippen LogP contribution in [0.4, 0.5) is 20.2 Å². The van der Waals surface area contributed by atoms with Crippen LogP contribution in [0.25, 0.3) is 0 Å². The normalized spacial score (nSPS) is 10.8. The number of nitrogens with two attached hydrogens (primary N) is 1. The highest BCUT2D eigenvalue weighted by Crippen LogP contribution is 2.25. The van der Waals surface area contributed by atoms with Gasteiger partial charge in [0.05, 0.1) is 24.4 Å². The summed E-state index contributed by atoms with van der Waals surface area (Å²) in [6.45, 7) is 3.07. The summed E-state index contributed by atoms with van der Waals surface area (Å²) < 4.78 is 28.3. The zero-order chi connectivity index (χ0) is 14.4. The molecule has 0 radical (unpaired) electrons. The van der Waals surface area contributed by atoms with E-state index in [-0.39, 0.29) is 18.9 Å². The zero-order valence-corrected chi connectivity index (χ0v) is 11.0. The molecule has 0 aliphatic rings. The third kappa shape index (κ3) is 4.82. The Morgan fingerprint density at radius 1 is 1.42 bits per heavy atom. The summed E-state index contributed by atoms with van der Waals surface area (Å²) >= 11 is 0. The van der Waals surface area contributed by atoms with E-state index in [1.807, 2.05) is 19.9 Å². The summed E-state index contributed by atoms with van der Waals surface area (Å²) in [5.41, 5.74) is 8.74. The van der Waals surface area contributed by atoms with Gasteiger partial charge in [0.2, 0.25) is 5.91 Å². The molecular weight excluding hydrogens is 254 g/mol. The largest absolute Gasteiger partial charge is 0.397 e. The molecule has 0 heterocycles. The number of alkyl halides is 2. The fourth-order valence-electron chi connectivity index (χ4n) is 1.54. The molecule has 0 bridgehead atoms. The number of hydrogen-bond acceptors (Lipinski definition) is 3. The van der Waals surface area contributed by atoms with E-state index in [4.69, 9.17) is 5.73 Å². The van der Waals surface area contributed by atoms with Crippen LogP contribution in [0.3, 0.4) is 0 Å². The number of ether oxygens (including phenoxy) is 1. The molecular formula is C13H18F2N2O2. The molecule has 4 nitrogen and oxygen atoms in total. The SMILES string of the molecule is Cc1ccc(N)c(NC(=O)CCOCC(F)F)c1C. The summed E-state index contributed by atoms with van der Waals surface area (Å²) in [5.74, 6) is -0.310. The topological polar surface area (TPSA) is 64.3 Å². The number of amides is 1. The molecule has 6 heteroatoms. The molecule has 19 heavy (non-hydrogen) atoms. The summed E-state index contributed by atoms with van der Waals surface area (Å²) in [7, 11) is 0. The third-order valence-electron chi connectivity index (χ3n) is 2.75. The van der Waals surface area contributed by atoms with E-state index in [2.05, 4.69) is 10.1 Å². The number of nitrogen functional groups attached to an aromatic ring is 1. The Balaban J connectivity index is 2.51. The van der Waals surface area contributed by atoms with Crippen molar-refractivity contribution in [2.75, 3.05) is 24.3 Å². The van der Waals surface area contributed by atoms with E-state index in [1.165, 1.54) is 0 Å². The third-order valence-corrected chi connectivity index (χ3v) is 2.75. The van der Waals surface area contributed by atoms with Gasteiger partial charge in [-0.3, -0.25) is 4.79 Å². The molecule has 0 saturated heterocycles. The second kappa shape index (κ2) is 7.04. The first kappa shape index (κ1) is 15.4. The molecule has 0 spiro atoms. The average Bonchev–Trinajstić information content (AvgIpc) is 2.35. The molecule has 0 fully saturated rings. The molecule has 3 N–H and O–H groups in total. The van der Waals surface area contributed by atoms with Gasteiger partial charge in [-0.1, -0.05) is 6.07 Å². The molecule has 106 valence electrons. The minimum absolute atomic E-state index is 0.0134. The zero-order valence-electron chi connectivity index (χ0n) is 11.0. The summed E-state index contributed by atoms with van der Waals surface area (Å²) in [5, 5.41) is 2.68. The van der Waals surface area contributed by atoms with Gasteiger partial charge in [0.1, 0.15) is 6.61 Å². The number of benzene rings is 1. The van der Waals surface area contributed by atoms with Gasteiger partial charge in [-0.2, -0.15) is 0 Å². The fraction of sp³-hybridized carbons (Fsp3) is 0.462. The Morgan fingerprint density at radius 3 is 2.74 bits per heavy atom. The Hall–Kier alpha value is -1.69. The summed E-state index contributed by atoms with van der Waals surface area (Å²) in [6, 6.07) is 3.58. The van der Waals surface area contributed by atoms with Gasteiger partial charge in [-0.15, -0.1) is 0 Å². The maximum absolute atomic E-state index is 11.8. The van der Waals surface area contributed by atoms with Crippen LogP contribution in [0.2, 0.25) is 0 Å². The van der Waals surface area contributed by atoms with Gasteiger partial charge in [0.25, 0.3) is 6.43 Å². The second-order valence-corrected chi connectivity index (χ2v) is 4.24. The minimum atomic E-state index is -2.52. The molecule has 0 aromatic heterocycles. The van der Waals surface area contributed by atoms with E-state index in [9.17, 15) is 13.6 Å². The van der Waals surface area contributed by atoms with Crippen molar-refractivity contribution in [2.45, 2.75) is 26.7 Å². The summed E-state index contributed by atoms with van der Waals surface area (Å²) in [4.78, 5) is 11.6. The van der Waals surface area contributed by atoms with E-state index in [0.717, 1.165) is 11.1 Å². The molecule has 0 unspecified atom stereocenters. The first-order valence-electron chi connectivity index (χ1n) is 5.93. The molecule has 1 rings (SSSR count). The Morgan fingerprint density at radius 2 is 2.11 bits per heavy atom. The van der Waals surface area contributed by atoms with Crippen LogP contribution >= 0.6 is 0 Å². The van der Waals surface area contributed by atoms with Crippen LogP contribution in [-0.4, -0.2) is 25.5 Å². The van der Waals surface area contributed by atoms with Gasteiger partial charge in [0.15, 0.2) is 0 Å². The maximum atomic E-state index is 11.8. The Labute approximate surface area is 110 Å². The van der Waals surface area contributed by atoms with Crippen LogP contribution in [0.15, 0.2) is 12.1 Å². The highest BCUT2D eigenvalue weighted by atomic mass is 19.3. The van der Waals surface area contributed by atoms with E-state index >= 15 is 0 Å². The minimum Gasteiger partial charge on any atom is -0.397 e. The molecule has 0 saturated carbocycles. The number of anilines is 2. The fourth-order valence-corrected chi connectivity index (χ4v) is 1.54. The number of carbonyl (C=O) groups excluding carboxylic acids is 1. The molecule has 0 aliphatic carbocycles. The lowest BCUT2D eigenvalue weighted by Gasteiger charge is -2.13. The molecule has 1 aromatic carbocycles. The van der Waals surface area contributed by atoms with Crippen molar-refractivity contribution in [2.24, 2.45) is 0 Å². The molecule has 1 aromatic rings. The van der Waals surface area contributed by atoms with Gasteiger partial charge in [-0.25, -0.2) is 8.78 Å². The standard InChI is InChI=1S/C13H18F2N2O2/c1-8-3-4-10(16)13(9(8)2)17-12(18)5-6-19-7-11(14)15/h3-4,11H,5-7,16H2,1-2H3,(H,17,18). The highest BCUT2D eigenvalue weighted by Gasteiger charge is 2.10. The summed E-state index contributed by atoms with van der Waals surface area (Å²) in [6.07, 6.45) is -2.50. The number of hydrogen-bond donors (Lipinski definition) is 2. The highest BCUT2D eigenvalue weighted by molar-refractivity contribution is 5.95. The van der Waals surface area contributed by atoms with E-state index in [1.54, 1.807) is 6.07 Å². The molecule has 0 atom stereocenters. The van der Waals surface area contributed by atoms with Crippen LogP contribution < -0.4 is 11.1 Å². The van der Waals surface area contributed by atoms with Gasteiger partial charge in [-0.05, 0) is 31.0 Å². The Kier molecular flexibility index (Phi) is 5.69. The van der Waals surface area contributed by atoms with Crippen molar-refractivity contribution in [1.29, 1.82) is 0 Å². The van der Waals surface area contributed by atoms with Crippen LogP contribution in [0, 0.1) is 13.8 Å². The van der Waals surface area contributed by atoms with Crippen molar-refractivity contribution in [3.63, 3.8) is 0 Å². The number of halogens is 2. The van der Waals surface area contributed by atoms with Crippen LogP contribution in [0.5, 0.6) is 0 Å². The van der Waals surface area contributed by atoms with Crippen molar-refractivity contribution >= 4 is 17.3 Å². The average molecular weight is 272 g/mol. The van der Waals surface area contributed by atoms with Gasteiger partial charge in [0, 0.05) is 0 Å². The number of rotatable bonds is 6. The first-order valence-corrected chi connectivity index (χ1v) is 5.93. The smallest absolute Gasteiger partial charge is 0.261 e. The molecule has 1 amide bonds. The second-order valence-electron chi connectivity index (χ2n) is 4.24. The van der Waals surface area contributed by atoms with Crippen molar-refractivity contribution in [3.05, 3.63) is 23.3 Å². The number of aryl methyl sites for hydroxylation is 1. The van der Waals surface area contributed by atoms with Crippen molar-refractivity contribution < 1.29 is 18.3 Å². The Bertz CT molecular complexity index is 451. The number of carbonyl (C=O) groups is 1. The predicted octanol–water partition coefficient (Wildman–Crippen LogP) is 2.50. The maximum Gasteiger partial charge on any atom is 0.261 e. The molecule has 0 aliphatic heterocycles. The van der Waals surface area contributed by atoms with Crippen LogP contribution in [-0.2, 0) is 9.53 Å². The quantitative estimate of drug-likeness (QED) is 0.617. The lowest BCUT2D eigenvalue weighted by Crippen LogP contribution is -2.17. The number of nitrogens with one attached hydrogen (secondary N) is 1. The van der Waals surface area contributed by atoms with Crippen molar-refractivity contribution in [1.82, 2.24) is 0 Å². The van der Waals surface area contributed by atoms with Gasteiger partial charge >= 0.3 is 0 Å². The van der Waals surface area contributed by atoms with E-state index in [0.29, 0.717) is 11.4 Å². The predicted molar refractivity (Wildman–Crippen MR) is 70.4 cm³/mol. The van der Waals surface area contributed by atoms with Crippen LogP contribution in [0.1, 0.15) is 17.5 Å².